The summed E-state index contributed by atoms with van der Waals surface area (Å²) in [5.41, 5.74) is -1.53. The molecule has 1 aromatic carbocycles. The lowest BCUT2D eigenvalue weighted by Crippen LogP contribution is -2.62. The summed E-state index contributed by atoms with van der Waals surface area (Å²) >= 11 is 0. The van der Waals surface area contributed by atoms with Gasteiger partial charge in [0, 0.05) is 6.08 Å². The summed E-state index contributed by atoms with van der Waals surface area (Å²) < 4.78 is 15.9. The maximum Gasteiger partial charge on any atom is 0.336 e. The number of carbonyl (C=O) groups is 3. The SMILES string of the molecule is CC(C)C[C@](CC(=O)O)(O[C@@H]1O[C@H](COC(=O)/C=C/c2ccccc2)[C@@H](O)[C@H](O)[C@H]1O)C(=O)O. The van der Waals surface area contributed by atoms with E-state index in [2.05, 4.69) is 0 Å². The van der Waals surface area contributed by atoms with Crippen molar-refractivity contribution in [3.8, 4) is 0 Å². The fourth-order valence-electron chi connectivity index (χ4n) is 3.59. The number of ether oxygens (including phenoxy) is 3. The summed E-state index contributed by atoms with van der Waals surface area (Å²) in [7, 11) is 0. The van der Waals surface area contributed by atoms with Gasteiger partial charge < -0.3 is 39.7 Å². The Bertz CT molecular complexity index is 869. The first-order chi connectivity index (χ1) is 15.9. The number of aliphatic hydroxyl groups is 3. The first-order valence-electron chi connectivity index (χ1n) is 10.7. The summed E-state index contributed by atoms with van der Waals surface area (Å²) in [6, 6.07) is 8.91. The van der Waals surface area contributed by atoms with Gasteiger partial charge in [0.1, 0.15) is 31.0 Å². The van der Waals surface area contributed by atoms with Crippen LogP contribution in [-0.2, 0) is 28.6 Å². The molecule has 1 saturated heterocycles. The molecule has 0 radical (unpaired) electrons. The fraction of sp³-hybridized carbons (Fsp3) is 0.522. The van der Waals surface area contributed by atoms with Gasteiger partial charge in [0.15, 0.2) is 11.9 Å². The maximum absolute atomic E-state index is 12.0. The van der Waals surface area contributed by atoms with E-state index in [-0.39, 0.29) is 12.3 Å². The van der Waals surface area contributed by atoms with Gasteiger partial charge in [-0.25, -0.2) is 9.59 Å². The first-order valence-corrected chi connectivity index (χ1v) is 10.7. The van der Waals surface area contributed by atoms with E-state index in [0.717, 1.165) is 11.6 Å². The van der Waals surface area contributed by atoms with E-state index in [0.29, 0.717) is 0 Å². The van der Waals surface area contributed by atoms with Crippen molar-refractivity contribution in [3.05, 3.63) is 42.0 Å². The molecule has 34 heavy (non-hydrogen) atoms. The Morgan fingerprint density at radius 1 is 1.06 bits per heavy atom. The molecule has 6 atom stereocenters. The van der Waals surface area contributed by atoms with Crippen LogP contribution in [0.3, 0.4) is 0 Å². The highest BCUT2D eigenvalue weighted by atomic mass is 16.7. The van der Waals surface area contributed by atoms with Gasteiger partial charge >= 0.3 is 17.9 Å². The first kappa shape index (κ1) is 27.4. The van der Waals surface area contributed by atoms with Crippen LogP contribution in [0.15, 0.2) is 36.4 Å². The van der Waals surface area contributed by atoms with E-state index in [1.54, 1.807) is 38.1 Å². The predicted octanol–water partition coefficient (Wildman–Crippen LogP) is 0.411. The van der Waals surface area contributed by atoms with Gasteiger partial charge in [-0.3, -0.25) is 4.79 Å². The number of benzene rings is 1. The minimum absolute atomic E-state index is 0.232. The summed E-state index contributed by atoms with van der Waals surface area (Å²) in [6.45, 7) is 2.77. The number of carboxylic acids is 2. The molecule has 0 aromatic heterocycles. The summed E-state index contributed by atoms with van der Waals surface area (Å²) in [5.74, 6) is -4.12. The minimum Gasteiger partial charge on any atom is -0.481 e. The van der Waals surface area contributed by atoms with E-state index >= 15 is 0 Å². The van der Waals surface area contributed by atoms with Crippen LogP contribution in [0.4, 0.5) is 0 Å². The van der Waals surface area contributed by atoms with Crippen molar-refractivity contribution in [3.63, 3.8) is 0 Å². The van der Waals surface area contributed by atoms with Gasteiger partial charge in [-0.2, -0.15) is 0 Å². The zero-order valence-corrected chi connectivity index (χ0v) is 18.8. The molecular formula is C23H30O11. The summed E-state index contributed by atoms with van der Waals surface area (Å²) in [6.07, 6.45) is -7.12. The number of esters is 1. The number of aliphatic hydroxyl groups excluding tert-OH is 3. The van der Waals surface area contributed by atoms with Gasteiger partial charge in [0.2, 0.25) is 0 Å². The normalized spacial score (nSPS) is 26.8. The Hall–Kier alpha value is -2.83. The maximum atomic E-state index is 12.0. The third-order valence-corrected chi connectivity index (χ3v) is 5.18. The lowest BCUT2D eigenvalue weighted by atomic mass is 9.88. The summed E-state index contributed by atoms with van der Waals surface area (Å²) in [4.78, 5) is 35.4. The van der Waals surface area contributed by atoms with Crippen molar-refractivity contribution >= 4 is 24.0 Å². The molecular weight excluding hydrogens is 452 g/mol. The Labute approximate surface area is 196 Å². The Balaban J connectivity index is 2.13. The third kappa shape index (κ3) is 7.34. The standard InChI is InChI=1S/C23H30O11/c1-13(2)10-23(22(30)31,11-16(24)25)34-21-20(29)19(28)18(27)15(33-21)12-32-17(26)9-8-14-6-4-3-5-7-14/h3-9,13,15,18-21,27-29H,10-12H2,1-2H3,(H,24,25)(H,30,31)/b9-8+/t15-,18-,19+,20-,21+,23-/m1/s1. The predicted molar refractivity (Wildman–Crippen MR) is 116 cm³/mol. The third-order valence-electron chi connectivity index (χ3n) is 5.18. The van der Waals surface area contributed by atoms with Crippen molar-refractivity contribution in [1.82, 2.24) is 0 Å². The molecule has 1 aliphatic rings. The fourth-order valence-corrected chi connectivity index (χ4v) is 3.59. The molecule has 11 heteroatoms. The van der Waals surface area contributed by atoms with Gasteiger partial charge in [0.05, 0.1) is 6.42 Å². The van der Waals surface area contributed by atoms with Crippen molar-refractivity contribution in [1.29, 1.82) is 0 Å². The molecule has 11 nitrogen and oxygen atoms in total. The zero-order chi connectivity index (χ0) is 25.5. The molecule has 0 aliphatic carbocycles. The van der Waals surface area contributed by atoms with Crippen molar-refractivity contribution in [2.45, 2.75) is 63.0 Å². The quantitative estimate of drug-likeness (QED) is 0.218. The Kier molecular flexibility index (Phi) is 9.71. The van der Waals surface area contributed by atoms with E-state index in [9.17, 15) is 39.9 Å². The van der Waals surface area contributed by atoms with Crippen LogP contribution in [0.2, 0.25) is 0 Å². The molecule has 0 unspecified atom stereocenters. The molecule has 0 saturated carbocycles. The molecule has 5 N–H and O–H groups in total. The van der Waals surface area contributed by atoms with Crippen LogP contribution < -0.4 is 0 Å². The van der Waals surface area contributed by atoms with E-state index in [1.165, 1.54) is 6.08 Å². The largest absolute Gasteiger partial charge is 0.481 e. The van der Waals surface area contributed by atoms with Crippen molar-refractivity contribution < 1.29 is 54.1 Å². The van der Waals surface area contributed by atoms with Gasteiger partial charge in [-0.1, -0.05) is 44.2 Å². The highest BCUT2D eigenvalue weighted by molar-refractivity contribution is 5.87. The topological polar surface area (TPSA) is 180 Å². The minimum atomic E-state index is -2.27. The number of hydrogen-bond acceptors (Lipinski definition) is 9. The number of rotatable bonds is 11. The van der Waals surface area contributed by atoms with Crippen LogP contribution in [0.5, 0.6) is 0 Å². The van der Waals surface area contributed by atoms with E-state index < -0.39 is 67.2 Å². The molecule has 2 rings (SSSR count). The van der Waals surface area contributed by atoms with Gasteiger partial charge in [-0.15, -0.1) is 0 Å². The van der Waals surface area contributed by atoms with E-state index in [4.69, 9.17) is 14.2 Å². The lowest BCUT2D eigenvalue weighted by molar-refractivity contribution is -0.326. The number of aliphatic carboxylic acids is 2. The van der Waals surface area contributed by atoms with Gasteiger partial charge in [-0.05, 0) is 24.0 Å². The molecule has 1 heterocycles. The smallest absolute Gasteiger partial charge is 0.336 e. The van der Waals surface area contributed by atoms with Crippen LogP contribution in [-0.4, -0.2) is 86.4 Å². The number of hydrogen-bond donors (Lipinski definition) is 5. The molecule has 1 fully saturated rings. The summed E-state index contributed by atoms with van der Waals surface area (Å²) in [5, 5.41) is 49.7. The molecule has 188 valence electrons. The average Bonchev–Trinajstić information content (AvgIpc) is 2.76. The van der Waals surface area contributed by atoms with Crippen LogP contribution >= 0.6 is 0 Å². The highest BCUT2D eigenvalue weighted by Crippen LogP contribution is 2.32. The molecule has 0 spiro atoms. The van der Waals surface area contributed by atoms with Crippen molar-refractivity contribution in [2.75, 3.05) is 6.61 Å². The van der Waals surface area contributed by atoms with E-state index in [1.807, 2.05) is 6.07 Å². The van der Waals surface area contributed by atoms with Crippen LogP contribution in [0.25, 0.3) is 6.08 Å². The Morgan fingerprint density at radius 2 is 1.71 bits per heavy atom. The monoisotopic (exact) mass is 482 g/mol. The molecule has 0 amide bonds. The van der Waals surface area contributed by atoms with Crippen LogP contribution in [0, 0.1) is 5.92 Å². The van der Waals surface area contributed by atoms with Crippen LogP contribution in [0.1, 0.15) is 32.3 Å². The second kappa shape index (κ2) is 12.0. The lowest BCUT2D eigenvalue weighted by Gasteiger charge is -2.43. The van der Waals surface area contributed by atoms with Crippen molar-refractivity contribution in [2.24, 2.45) is 5.92 Å². The highest BCUT2D eigenvalue weighted by Gasteiger charge is 2.51. The zero-order valence-electron chi connectivity index (χ0n) is 18.8. The Morgan fingerprint density at radius 3 is 2.26 bits per heavy atom. The molecule has 0 bridgehead atoms. The number of carbonyl (C=O) groups excluding carboxylic acids is 1. The average molecular weight is 482 g/mol. The molecule has 1 aromatic rings. The second-order valence-electron chi connectivity index (χ2n) is 8.47. The number of carboxylic acid groups (broad SMARTS) is 2. The second-order valence-corrected chi connectivity index (χ2v) is 8.47. The van der Waals surface area contributed by atoms with Gasteiger partial charge in [0.25, 0.3) is 0 Å². The molecule has 1 aliphatic heterocycles.